The predicted molar refractivity (Wildman–Crippen MR) is 131 cm³/mol. The maximum absolute atomic E-state index is 6.04. The summed E-state index contributed by atoms with van der Waals surface area (Å²) in [6, 6.07) is 14.4. The lowest BCUT2D eigenvalue weighted by atomic mass is 10.0. The molecule has 0 bridgehead atoms. The molecule has 6 nitrogen and oxygen atoms in total. The van der Waals surface area contributed by atoms with E-state index in [1.54, 1.807) is 0 Å². The molecule has 2 aromatic carbocycles. The highest BCUT2D eigenvalue weighted by atomic mass is 16.6. The normalized spacial score (nSPS) is 13.8. The molecule has 0 unspecified atom stereocenters. The van der Waals surface area contributed by atoms with E-state index in [0.29, 0.717) is 13.2 Å². The highest BCUT2D eigenvalue weighted by Gasteiger charge is 2.28. The lowest BCUT2D eigenvalue weighted by Crippen LogP contribution is -2.15. The second-order valence-electron chi connectivity index (χ2n) is 8.71. The largest absolute Gasteiger partial charge is 0.494 e. The van der Waals surface area contributed by atoms with Crippen molar-refractivity contribution in [2.75, 3.05) is 54.5 Å². The van der Waals surface area contributed by atoms with Gasteiger partial charge in [-0.1, -0.05) is 23.4 Å². The van der Waals surface area contributed by atoms with Crippen LogP contribution in [0.15, 0.2) is 53.8 Å². The summed E-state index contributed by atoms with van der Waals surface area (Å²) in [4.78, 5) is 14.8. The van der Waals surface area contributed by atoms with Crippen molar-refractivity contribution in [1.29, 1.82) is 0 Å². The van der Waals surface area contributed by atoms with Gasteiger partial charge in [-0.05, 0) is 70.9 Å². The van der Waals surface area contributed by atoms with E-state index in [9.17, 15) is 0 Å². The number of hydrogen-bond donors (Lipinski definition) is 0. The molecule has 1 aliphatic carbocycles. The van der Waals surface area contributed by atoms with Crippen LogP contribution in [0.2, 0.25) is 0 Å². The maximum Gasteiger partial charge on any atom is 0.120 e. The van der Waals surface area contributed by atoms with Crippen LogP contribution in [0.4, 0.5) is 0 Å². The first kappa shape index (κ1) is 22.2. The third kappa shape index (κ3) is 4.92. The van der Waals surface area contributed by atoms with Crippen molar-refractivity contribution in [1.82, 2.24) is 14.8 Å². The average Bonchev–Trinajstić information content (AvgIpc) is 3.09. The molecule has 0 saturated heterocycles. The van der Waals surface area contributed by atoms with Crippen molar-refractivity contribution in [3.05, 3.63) is 59.8 Å². The summed E-state index contributed by atoms with van der Waals surface area (Å²) in [5, 5.41) is 5.71. The van der Waals surface area contributed by atoms with E-state index in [1.807, 2.05) is 30.5 Å². The highest BCUT2D eigenvalue weighted by Crippen LogP contribution is 2.41. The van der Waals surface area contributed by atoms with Crippen LogP contribution in [0.5, 0.6) is 5.75 Å². The number of fused-ring (bicyclic) bond motifs is 5. The van der Waals surface area contributed by atoms with Gasteiger partial charge in [0.15, 0.2) is 0 Å². The number of para-hydroxylation sites is 1. The molecule has 3 aromatic rings. The van der Waals surface area contributed by atoms with E-state index >= 15 is 0 Å². The zero-order valence-corrected chi connectivity index (χ0v) is 19.5. The minimum absolute atomic E-state index is 0.579. The Balaban J connectivity index is 1.64. The van der Waals surface area contributed by atoms with Crippen molar-refractivity contribution in [3.63, 3.8) is 0 Å². The van der Waals surface area contributed by atoms with E-state index in [2.05, 4.69) is 66.3 Å². The van der Waals surface area contributed by atoms with Gasteiger partial charge < -0.3 is 19.4 Å². The van der Waals surface area contributed by atoms with Crippen LogP contribution in [0.3, 0.4) is 0 Å². The minimum atomic E-state index is 0.579. The van der Waals surface area contributed by atoms with Gasteiger partial charge in [-0.15, -0.1) is 0 Å². The molecule has 0 atom stereocenters. The predicted octanol–water partition coefficient (Wildman–Crippen LogP) is 4.27. The van der Waals surface area contributed by atoms with Crippen molar-refractivity contribution >= 4 is 16.6 Å². The number of hydrogen-bond acceptors (Lipinski definition) is 6. The third-order valence-electron chi connectivity index (χ3n) is 5.56. The highest BCUT2D eigenvalue weighted by molar-refractivity contribution is 6.29. The fourth-order valence-corrected chi connectivity index (χ4v) is 4.00. The summed E-state index contributed by atoms with van der Waals surface area (Å²) >= 11 is 0. The summed E-state index contributed by atoms with van der Waals surface area (Å²) in [6.45, 7) is 3.23. The minimum Gasteiger partial charge on any atom is -0.494 e. The lowest BCUT2D eigenvalue weighted by molar-refractivity contribution is 0.135. The van der Waals surface area contributed by atoms with E-state index in [4.69, 9.17) is 9.57 Å². The zero-order chi connectivity index (χ0) is 22.5. The Bertz CT molecular complexity index is 1110. The standard InChI is InChI=1S/C26H32N4O2/c1-29(2)13-7-15-31-19-11-12-20-22(17-19)26(28-32-16-8-14-30(3)4)25-21-9-5-6-10-24(21)27-18-23(20)25/h5-6,9-12,17-18H,7-8,13-16H2,1-4H3/b28-26+. The van der Waals surface area contributed by atoms with Crippen molar-refractivity contribution < 1.29 is 9.57 Å². The molecule has 0 aliphatic heterocycles. The Labute approximate surface area is 190 Å². The summed E-state index contributed by atoms with van der Waals surface area (Å²) < 4.78 is 6.04. The van der Waals surface area contributed by atoms with E-state index < -0.39 is 0 Å². The van der Waals surface area contributed by atoms with Crippen LogP contribution in [0.25, 0.3) is 22.0 Å². The summed E-state index contributed by atoms with van der Waals surface area (Å²) in [6.07, 6.45) is 3.85. The molecule has 4 rings (SSSR count). The molecule has 32 heavy (non-hydrogen) atoms. The molecule has 0 saturated carbocycles. The fourth-order valence-electron chi connectivity index (χ4n) is 4.00. The molecular weight excluding hydrogens is 400 g/mol. The Morgan fingerprint density at radius 3 is 2.38 bits per heavy atom. The number of oxime groups is 1. The fraction of sp³-hybridized carbons (Fsp3) is 0.385. The van der Waals surface area contributed by atoms with Gasteiger partial charge in [-0.3, -0.25) is 4.98 Å². The summed E-state index contributed by atoms with van der Waals surface area (Å²) in [5.41, 5.74) is 6.15. The number of nitrogens with zero attached hydrogens (tertiary/aromatic N) is 4. The van der Waals surface area contributed by atoms with Crippen LogP contribution in [0, 0.1) is 0 Å². The molecule has 0 fully saturated rings. The molecule has 0 radical (unpaired) electrons. The SMILES string of the molecule is CN(C)CCCO/N=C1\c2cc(OCCCN(C)C)ccc2-c2cnc3ccccc3c21. The van der Waals surface area contributed by atoms with Gasteiger partial charge >= 0.3 is 0 Å². The first-order chi connectivity index (χ1) is 15.5. The molecular formula is C26H32N4O2. The summed E-state index contributed by atoms with van der Waals surface area (Å²) in [5.74, 6) is 0.855. The monoisotopic (exact) mass is 432 g/mol. The number of benzene rings is 2. The Morgan fingerprint density at radius 1 is 0.844 bits per heavy atom. The van der Waals surface area contributed by atoms with Crippen LogP contribution in [-0.4, -0.2) is 75.0 Å². The maximum atomic E-state index is 6.04. The van der Waals surface area contributed by atoms with Crippen molar-refractivity contribution in [2.45, 2.75) is 12.8 Å². The first-order valence-electron chi connectivity index (χ1n) is 11.2. The van der Waals surface area contributed by atoms with Crippen molar-refractivity contribution in [3.8, 4) is 16.9 Å². The molecule has 1 heterocycles. The van der Waals surface area contributed by atoms with Gasteiger partial charge in [-0.25, -0.2) is 0 Å². The molecule has 1 aromatic heterocycles. The van der Waals surface area contributed by atoms with Crippen LogP contribution in [0.1, 0.15) is 24.0 Å². The molecule has 6 heteroatoms. The average molecular weight is 433 g/mol. The molecule has 0 spiro atoms. The van der Waals surface area contributed by atoms with Gasteiger partial charge in [0.1, 0.15) is 18.1 Å². The number of aromatic nitrogens is 1. The van der Waals surface area contributed by atoms with Crippen LogP contribution < -0.4 is 4.74 Å². The Hall–Kier alpha value is -2.96. The van der Waals surface area contributed by atoms with E-state index in [-0.39, 0.29) is 0 Å². The first-order valence-corrected chi connectivity index (χ1v) is 11.2. The quantitative estimate of drug-likeness (QED) is 0.277. The van der Waals surface area contributed by atoms with Crippen LogP contribution >= 0.6 is 0 Å². The second kappa shape index (κ2) is 10.1. The van der Waals surface area contributed by atoms with Gasteiger partial charge in [0.25, 0.3) is 0 Å². The summed E-state index contributed by atoms with van der Waals surface area (Å²) in [7, 11) is 8.28. The van der Waals surface area contributed by atoms with Gasteiger partial charge in [0, 0.05) is 41.4 Å². The second-order valence-corrected chi connectivity index (χ2v) is 8.71. The number of pyridine rings is 1. The molecule has 0 amide bonds. The Kier molecular flexibility index (Phi) is 7.02. The van der Waals surface area contributed by atoms with E-state index in [1.165, 1.54) is 0 Å². The van der Waals surface area contributed by atoms with E-state index in [0.717, 1.165) is 70.5 Å². The third-order valence-corrected chi connectivity index (χ3v) is 5.56. The van der Waals surface area contributed by atoms with Crippen LogP contribution in [-0.2, 0) is 4.84 Å². The number of ether oxygens (including phenoxy) is 1. The smallest absolute Gasteiger partial charge is 0.120 e. The number of rotatable bonds is 10. The topological polar surface area (TPSA) is 50.2 Å². The van der Waals surface area contributed by atoms with Gasteiger partial charge in [-0.2, -0.15) is 0 Å². The molecule has 0 N–H and O–H groups in total. The molecule has 168 valence electrons. The Morgan fingerprint density at radius 2 is 1.59 bits per heavy atom. The zero-order valence-electron chi connectivity index (χ0n) is 19.5. The van der Waals surface area contributed by atoms with Gasteiger partial charge in [0.2, 0.25) is 0 Å². The van der Waals surface area contributed by atoms with Gasteiger partial charge in [0.05, 0.1) is 12.1 Å². The van der Waals surface area contributed by atoms with Crippen molar-refractivity contribution in [2.24, 2.45) is 5.16 Å². The lowest BCUT2D eigenvalue weighted by Gasteiger charge is -2.11. The molecule has 1 aliphatic rings.